The lowest BCUT2D eigenvalue weighted by Crippen LogP contribution is -2.59. The molecule has 13 heteroatoms. The van der Waals surface area contributed by atoms with Gasteiger partial charge in [-0.25, -0.2) is 4.39 Å². The van der Waals surface area contributed by atoms with Crippen LogP contribution in [0.4, 0.5) is 4.39 Å². The minimum atomic E-state index is -1.25. The van der Waals surface area contributed by atoms with Gasteiger partial charge in [-0.15, -0.1) is 0 Å². The van der Waals surface area contributed by atoms with Crippen LogP contribution in [0.1, 0.15) is 28.7 Å². The van der Waals surface area contributed by atoms with Crippen molar-refractivity contribution in [3.05, 3.63) is 53.2 Å². The van der Waals surface area contributed by atoms with Crippen molar-refractivity contribution in [3.8, 4) is 0 Å². The maximum absolute atomic E-state index is 14.3. The summed E-state index contributed by atoms with van der Waals surface area (Å²) in [5.41, 5.74) is -0.891. The van der Waals surface area contributed by atoms with Gasteiger partial charge in [-0.05, 0) is 25.5 Å². The number of aryl methyl sites for hydroxylation is 1. The van der Waals surface area contributed by atoms with Gasteiger partial charge in [-0.1, -0.05) is 23.4 Å². The summed E-state index contributed by atoms with van der Waals surface area (Å²) in [7, 11) is 2.67. The number of amides is 3. The van der Waals surface area contributed by atoms with Crippen LogP contribution < -0.4 is 16.0 Å². The molecule has 3 amide bonds. The van der Waals surface area contributed by atoms with Crippen molar-refractivity contribution in [2.24, 2.45) is 0 Å². The van der Waals surface area contributed by atoms with Crippen LogP contribution in [-0.2, 0) is 35.0 Å². The summed E-state index contributed by atoms with van der Waals surface area (Å²) < 4.78 is 34.6. The minimum absolute atomic E-state index is 0.0344. The fourth-order valence-corrected chi connectivity index (χ4v) is 3.66. The molecular formula is C25H31FN4O8. The molecule has 2 heterocycles. The molecule has 4 atom stereocenters. The van der Waals surface area contributed by atoms with Crippen molar-refractivity contribution < 1.29 is 42.3 Å². The highest BCUT2D eigenvalue weighted by Crippen LogP contribution is 2.29. The van der Waals surface area contributed by atoms with E-state index in [9.17, 15) is 23.6 Å². The first kappa shape index (κ1) is 28.9. The molecule has 1 fully saturated rings. The van der Waals surface area contributed by atoms with Crippen molar-refractivity contribution in [2.45, 2.75) is 44.0 Å². The molecule has 0 spiro atoms. The largest absolute Gasteiger partial charge is 0.382 e. The smallest absolute Gasteiger partial charge is 0.274 e. The molecule has 3 rings (SSSR count). The van der Waals surface area contributed by atoms with Crippen LogP contribution in [-0.4, -0.2) is 86.4 Å². The second-order valence-electron chi connectivity index (χ2n) is 9.06. The Morgan fingerprint density at radius 2 is 1.61 bits per heavy atom. The third kappa shape index (κ3) is 7.43. The molecule has 2 aromatic rings. The molecule has 12 nitrogen and oxygen atoms in total. The topological polar surface area (TPSA) is 161 Å². The first-order valence-electron chi connectivity index (χ1n) is 11.8. The van der Waals surface area contributed by atoms with Crippen molar-refractivity contribution in [1.29, 1.82) is 0 Å². The average molecular weight is 535 g/mol. The highest BCUT2D eigenvalue weighted by atomic mass is 19.1. The van der Waals surface area contributed by atoms with Gasteiger partial charge in [0.05, 0.1) is 25.9 Å². The summed E-state index contributed by atoms with van der Waals surface area (Å²) in [6.45, 7) is 2.91. The van der Waals surface area contributed by atoms with Gasteiger partial charge in [0.25, 0.3) is 5.91 Å². The summed E-state index contributed by atoms with van der Waals surface area (Å²) in [6, 6.07) is 3.74. The Bertz CT molecular complexity index is 1170. The number of hydrogen-bond acceptors (Lipinski definition) is 9. The van der Waals surface area contributed by atoms with E-state index in [0.29, 0.717) is 5.76 Å². The zero-order valence-electron chi connectivity index (χ0n) is 21.5. The predicted octanol–water partition coefficient (Wildman–Crippen LogP) is 0.0836. The number of rotatable bonds is 14. The lowest BCUT2D eigenvalue weighted by Gasteiger charge is -2.25. The molecule has 1 aliphatic heterocycles. The normalized spacial score (nSPS) is 18.7. The van der Waals surface area contributed by atoms with Crippen LogP contribution >= 0.6 is 0 Å². The average Bonchev–Trinajstić information content (AvgIpc) is 3.49. The molecule has 1 aliphatic rings. The Labute approximate surface area is 218 Å². The molecule has 206 valence electrons. The minimum Gasteiger partial charge on any atom is -0.382 e. The number of carbonyl (C=O) groups excluding carboxylic acids is 4. The Morgan fingerprint density at radius 3 is 2.13 bits per heavy atom. The van der Waals surface area contributed by atoms with E-state index >= 15 is 0 Å². The van der Waals surface area contributed by atoms with Gasteiger partial charge >= 0.3 is 0 Å². The number of Topliss-reactive ketones (excluding diaryl/α,β-unsaturated/α-hetero) is 1. The Hall–Kier alpha value is -3.68. The third-order valence-corrected chi connectivity index (χ3v) is 5.90. The predicted molar refractivity (Wildman–Crippen MR) is 130 cm³/mol. The second-order valence-corrected chi connectivity index (χ2v) is 9.06. The SMILES string of the molecule is COCC(NC(=O)c1cc(C)on1)C(=O)NC(COC)C(=O)NC(Cc1ccccc1F)C(=O)C1(C)CO1. The van der Waals surface area contributed by atoms with Gasteiger partial charge in [0.1, 0.15) is 29.3 Å². The number of ether oxygens (including phenoxy) is 3. The number of methoxy groups -OCH3 is 2. The van der Waals surface area contributed by atoms with Crippen LogP contribution in [0.25, 0.3) is 0 Å². The highest BCUT2D eigenvalue weighted by molar-refractivity contribution is 5.99. The van der Waals surface area contributed by atoms with E-state index in [-0.39, 0.29) is 37.5 Å². The molecule has 38 heavy (non-hydrogen) atoms. The van der Waals surface area contributed by atoms with Crippen LogP contribution in [0.2, 0.25) is 0 Å². The van der Waals surface area contributed by atoms with Gasteiger partial charge in [-0.2, -0.15) is 0 Å². The molecule has 0 bridgehead atoms. The first-order valence-corrected chi connectivity index (χ1v) is 11.8. The lowest BCUT2D eigenvalue weighted by atomic mass is 9.94. The van der Waals surface area contributed by atoms with Gasteiger partial charge in [0.2, 0.25) is 11.8 Å². The van der Waals surface area contributed by atoms with Gasteiger partial charge < -0.3 is 34.7 Å². The summed E-state index contributed by atoms with van der Waals surface area (Å²) >= 11 is 0. The number of ketones is 1. The molecule has 0 radical (unpaired) electrons. The number of carbonyl (C=O) groups is 4. The maximum atomic E-state index is 14.3. The number of aromatic nitrogens is 1. The summed E-state index contributed by atoms with van der Waals surface area (Å²) in [4.78, 5) is 51.7. The van der Waals surface area contributed by atoms with E-state index in [0.717, 1.165) is 0 Å². The summed E-state index contributed by atoms with van der Waals surface area (Å²) in [5.74, 6) is -2.71. The zero-order chi connectivity index (χ0) is 27.9. The lowest BCUT2D eigenvalue weighted by molar-refractivity contribution is -0.134. The number of halogens is 1. The molecule has 0 saturated carbocycles. The van der Waals surface area contributed by atoms with Gasteiger partial charge in [0, 0.05) is 26.7 Å². The Balaban J connectivity index is 1.72. The van der Waals surface area contributed by atoms with Crippen molar-refractivity contribution >= 4 is 23.5 Å². The summed E-state index contributed by atoms with van der Waals surface area (Å²) in [5, 5.41) is 11.2. The standard InChI is InChI=1S/C25H31FN4O8/c1-14-9-18(30-38-14)22(32)28-20(12-36-4)24(34)29-19(11-35-3)23(33)27-17(21(31)25(2)13-37-25)10-15-7-5-6-8-16(15)26/h5-9,17,19-20H,10-13H2,1-4H3,(H,27,33)(H,28,32)(H,29,34). The van der Waals surface area contributed by atoms with E-state index in [2.05, 4.69) is 21.1 Å². The number of nitrogens with zero attached hydrogens (tertiary/aromatic N) is 1. The molecular weight excluding hydrogens is 503 g/mol. The molecule has 1 aromatic carbocycles. The van der Waals surface area contributed by atoms with Crippen molar-refractivity contribution in [3.63, 3.8) is 0 Å². The van der Waals surface area contributed by atoms with Crippen LogP contribution in [0.5, 0.6) is 0 Å². The van der Waals surface area contributed by atoms with E-state index in [1.54, 1.807) is 19.9 Å². The number of nitrogens with one attached hydrogen (secondary N) is 3. The Kier molecular flexibility index (Phi) is 9.66. The molecule has 1 saturated heterocycles. The molecule has 0 aliphatic carbocycles. The van der Waals surface area contributed by atoms with Crippen LogP contribution in [0, 0.1) is 12.7 Å². The second kappa shape index (κ2) is 12.7. The fraction of sp³-hybridized carbons (Fsp3) is 0.480. The fourth-order valence-electron chi connectivity index (χ4n) is 3.66. The summed E-state index contributed by atoms with van der Waals surface area (Å²) in [6.07, 6.45) is -0.122. The maximum Gasteiger partial charge on any atom is 0.274 e. The monoisotopic (exact) mass is 534 g/mol. The van der Waals surface area contributed by atoms with E-state index < -0.39 is 53.0 Å². The highest BCUT2D eigenvalue weighted by Gasteiger charge is 2.50. The molecule has 1 aromatic heterocycles. The van der Waals surface area contributed by atoms with Crippen LogP contribution in [0.3, 0.4) is 0 Å². The quantitative estimate of drug-likeness (QED) is 0.285. The van der Waals surface area contributed by atoms with Gasteiger partial charge in [0.15, 0.2) is 11.5 Å². The van der Waals surface area contributed by atoms with Crippen molar-refractivity contribution in [2.75, 3.05) is 34.0 Å². The first-order chi connectivity index (χ1) is 18.1. The van der Waals surface area contributed by atoms with E-state index in [1.165, 1.54) is 38.5 Å². The number of epoxide rings is 1. The number of benzene rings is 1. The zero-order valence-corrected chi connectivity index (χ0v) is 21.5. The van der Waals surface area contributed by atoms with Crippen LogP contribution in [0.15, 0.2) is 34.9 Å². The molecule has 3 N–H and O–H groups in total. The van der Waals surface area contributed by atoms with E-state index in [1.807, 2.05) is 0 Å². The number of hydrogen-bond donors (Lipinski definition) is 3. The van der Waals surface area contributed by atoms with E-state index in [4.69, 9.17) is 18.7 Å². The molecule has 4 unspecified atom stereocenters. The van der Waals surface area contributed by atoms with Gasteiger partial charge in [-0.3, -0.25) is 19.2 Å². The van der Waals surface area contributed by atoms with Crippen molar-refractivity contribution in [1.82, 2.24) is 21.1 Å². The third-order valence-electron chi connectivity index (χ3n) is 5.90. The Morgan fingerprint density at radius 1 is 1.03 bits per heavy atom.